The molecule has 5 atom stereocenters. The summed E-state index contributed by atoms with van der Waals surface area (Å²) >= 11 is 0. The Balaban J connectivity index is 1.55. The molecular formula is C27H35N5O2. The largest absolute Gasteiger partial charge is 0.507 e. The molecule has 0 bridgehead atoms. The van der Waals surface area contributed by atoms with Crippen LogP contribution in [-0.4, -0.2) is 44.0 Å². The first-order chi connectivity index (χ1) is 18.3. The van der Waals surface area contributed by atoms with E-state index in [2.05, 4.69) is 4.98 Å². The van der Waals surface area contributed by atoms with Crippen LogP contribution < -0.4 is 11.3 Å². The number of fused-ring (bicyclic) bond motifs is 1. The van der Waals surface area contributed by atoms with Crippen LogP contribution >= 0.6 is 0 Å². The SMILES string of the molecule is [2H]C1C([2H])[C@]([2H])(C)N(CCCCCn2c(=O)c(-c3cc(C(=N)N)ccc3O)nc3ccccc32)[C@]([2H])(C)C1[2H]. The van der Waals surface area contributed by atoms with E-state index in [4.69, 9.17) is 18.0 Å². The van der Waals surface area contributed by atoms with Crippen LogP contribution in [0.3, 0.4) is 0 Å². The smallest absolute Gasteiger partial charge is 0.277 e. The molecule has 7 heteroatoms. The van der Waals surface area contributed by atoms with Gasteiger partial charge >= 0.3 is 0 Å². The van der Waals surface area contributed by atoms with Gasteiger partial charge in [0.1, 0.15) is 17.3 Å². The quantitative estimate of drug-likeness (QED) is 0.258. The zero-order valence-electron chi connectivity index (χ0n) is 24.6. The van der Waals surface area contributed by atoms with Gasteiger partial charge in [-0.1, -0.05) is 25.0 Å². The van der Waals surface area contributed by atoms with E-state index in [1.54, 1.807) is 29.4 Å². The third kappa shape index (κ3) is 4.99. The van der Waals surface area contributed by atoms with Crippen molar-refractivity contribution in [3.8, 4) is 17.0 Å². The number of hydrogen-bond acceptors (Lipinski definition) is 5. The first-order valence-corrected chi connectivity index (χ1v) is 11.5. The van der Waals surface area contributed by atoms with Gasteiger partial charge < -0.3 is 15.4 Å². The molecule has 0 spiro atoms. The Morgan fingerprint density at radius 2 is 1.88 bits per heavy atom. The number of piperidine rings is 1. The molecule has 34 heavy (non-hydrogen) atoms. The number of aromatic nitrogens is 2. The van der Waals surface area contributed by atoms with E-state index in [1.165, 1.54) is 18.2 Å². The molecule has 2 aromatic carbocycles. The molecule has 4 N–H and O–H groups in total. The van der Waals surface area contributed by atoms with Gasteiger partial charge in [-0.25, -0.2) is 4.98 Å². The number of hydrogen-bond donors (Lipinski definition) is 3. The van der Waals surface area contributed by atoms with Crippen LogP contribution in [0.4, 0.5) is 0 Å². The molecule has 0 saturated carbocycles. The maximum atomic E-state index is 13.6. The summed E-state index contributed by atoms with van der Waals surface area (Å²) in [4.78, 5) is 19.7. The van der Waals surface area contributed by atoms with E-state index in [0.29, 0.717) is 48.9 Å². The van der Waals surface area contributed by atoms with Crippen LogP contribution in [0.1, 0.15) is 64.7 Å². The molecule has 180 valence electrons. The van der Waals surface area contributed by atoms with Gasteiger partial charge in [-0.3, -0.25) is 15.1 Å². The van der Waals surface area contributed by atoms with Crippen LogP contribution in [0.25, 0.3) is 22.3 Å². The van der Waals surface area contributed by atoms with Crippen molar-refractivity contribution >= 4 is 16.9 Å². The predicted molar refractivity (Wildman–Crippen MR) is 137 cm³/mol. The zero-order chi connectivity index (χ0) is 28.7. The topological polar surface area (TPSA) is 108 Å². The number of para-hydroxylation sites is 2. The summed E-state index contributed by atoms with van der Waals surface area (Å²) in [5.74, 6) is -0.328. The Morgan fingerprint density at radius 1 is 1.18 bits per heavy atom. The fraction of sp³-hybridized carbons (Fsp3) is 0.444. The van der Waals surface area contributed by atoms with Crippen LogP contribution in [0.2, 0.25) is 0 Å². The molecule has 1 aromatic heterocycles. The van der Waals surface area contributed by atoms with Crippen molar-refractivity contribution in [3.05, 3.63) is 58.4 Å². The Hall–Kier alpha value is -3.19. The number of aryl methyl sites for hydroxylation is 1. The zero-order valence-corrected chi connectivity index (χ0v) is 19.6. The maximum Gasteiger partial charge on any atom is 0.277 e. The number of likely N-dealkylation sites (tertiary alicyclic amines) is 1. The minimum Gasteiger partial charge on any atom is -0.507 e. The number of nitrogen functional groups attached to an aromatic ring is 1. The number of benzene rings is 2. The summed E-state index contributed by atoms with van der Waals surface area (Å²) in [5, 5.41) is 18.2. The van der Waals surface area contributed by atoms with Crippen molar-refractivity contribution < 1.29 is 12.0 Å². The number of nitrogens with zero attached hydrogens (tertiary/aromatic N) is 3. The second-order valence-corrected chi connectivity index (χ2v) is 8.57. The average Bonchev–Trinajstić information content (AvgIpc) is 2.89. The summed E-state index contributed by atoms with van der Waals surface area (Å²) in [7, 11) is 0. The van der Waals surface area contributed by atoms with Crippen molar-refractivity contribution in [2.75, 3.05) is 6.54 Å². The number of aromatic hydroxyl groups is 1. The molecule has 2 heterocycles. The van der Waals surface area contributed by atoms with Crippen LogP contribution in [-0.2, 0) is 6.54 Å². The van der Waals surface area contributed by atoms with E-state index in [9.17, 15) is 9.90 Å². The molecule has 1 fully saturated rings. The highest BCUT2D eigenvalue weighted by molar-refractivity contribution is 5.96. The summed E-state index contributed by atoms with van der Waals surface area (Å²) in [6, 6.07) is 8.70. The monoisotopic (exact) mass is 466 g/mol. The number of nitrogens with two attached hydrogens (primary N) is 1. The molecule has 1 aliphatic heterocycles. The van der Waals surface area contributed by atoms with Crippen molar-refractivity contribution in [2.24, 2.45) is 5.73 Å². The molecule has 3 unspecified atom stereocenters. The lowest BCUT2D eigenvalue weighted by Gasteiger charge is -2.39. The van der Waals surface area contributed by atoms with Crippen molar-refractivity contribution in [1.29, 1.82) is 5.41 Å². The number of phenolic OH excluding ortho intramolecular Hbond substituents is 1. The third-order valence-electron chi connectivity index (χ3n) is 6.20. The fourth-order valence-corrected chi connectivity index (χ4v) is 4.34. The van der Waals surface area contributed by atoms with Crippen LogP contribution in [0.5, 0.6) is 5.75 Å². The molecule has 1 aliphatic rings. The number of unbranched alkanes of at least 4 members (excludes halogenated alkanes) is 2. The summed E-state index contributed by atoms with van der Waals surface area (Å²) in [6.45, 7) is 3.80. The Bertz CT molecular complexity index is 1420. The van der Waals surface area contributed by atoms with Gasteiger partial charge in [0, 0.05) is 36.6 Å². The van der Waals surface area contributed by atoms with Gasteiger partial charge in [-0.05, 0) is 76.4 Å². The summed E-state index contributed by atoms with van der Waals surface area (Å²) in [6.07, 6.45) is -1.48. The van der Waals surface area contributed by atoms with Crippen LogP contribution in [0, 0.1) is 5.41 Å². The summed E-state index contributed by atoms with van der Waals surface area (Å²) < 4.78 is 43.7. The highest BCUT2D eigenvalue weighted by Gasteiger charge is 2.23. The molecule has 3 aromatic rings. The molecule has 4 rings (SSSR count). The van der Waals surface area contributed by atoms with Crippen LogP contribution in [0.15, 0.2) is 47.3 Å². The number of nitrogens with one attached hydrogen (secondary N) is 1. The fourth-order valence-electron chi connectivity index (χ4n) is 4.34. The highest BCUT2D eigenvalue weighted by Crippen LogP contribution is 2.28. The number of amidine groups is 1. The lowest BCUT2D eigenvalue weighted by molar-refractivity contribution is 0.101. The molecule has 0 radical (unpaired) electrons. The van der Waals surface area contributed by atoms with Gasteiger partial charge in [-0.2, -0.15) is 0 Å². The predicted octanol–water partition coefficient (Wildman–Crippen LogP) is 4.49. The Labute approximate surface area is 207 Å². The van der Waals surface area contributed by atoms with Gasteiger partial charge in [-0.15, -0.1) is 0 Å². The lowest BCUT2D eigenvalue weighted by atomic mass is 9.97. The standard InChI is InChI=1S/C27H35N5O2/c1-18-9-8-10-19(2)31(18)15-6-3-7-16-32-23-12-5-4-11-22(23)30-25(27(32)34)21-17-20(26(28)29)13-14-24(21)33/h4-5,11-14,17-19,33H,3,6-10,15-16H2,1-2H3,(H3,28,29)/t18-,19+/i8D,9D,10D,18D,19D/t8?,9?,10?,18-,19+. The van der Waals surface area contributed by atoms with Crippen molar-refractivity contribution in [2.45, 2.75) is 70.9 Å². The Morgan fingerprint density at radius 3 is 2.62 bits per heavy atom. The average molecular weight is 467 g/mol. The Kier molecular flexibility index (Phi) is 5.55. The molecule has 7 nitrogen and oxygen atoms in total. The highest BCUT2D eigenvalue weighted by atomic mass is 16.3. The van der Waals surface area contributed by atoms with Crippen molar-refractivity contribution in [3.63, 3.8) is 0 Å². The normalized spacial score (nSPS) is 31.8. The van der Waals surface area contributed by atoms with E-state index >= 15 is 0 Å². The molecule has 1 saturated heterocycles. The maximum absolute atomic E-state index is 13.6. The first-order valence-electron chi connectivity index (χ1n) is 14.2. The third-order valence-corrected chi connectivity index (χ3v) is 6.20. The summed E-state index contributed by atoms with van der Waals surface area (Å²) in [5.41, 5.74) is 7.09. The van der Waals surface area contributed by atoms with Gasteiger partial charge in [0.2, 0.25) is 0 Å². The second-order valence-electron chi connectivity index (χ2n) is 8.57. The van der Waals surface area contributed by atoms with E-state index < -0.39 is 31.2 Å². The van der Waals surface area contributed by atoms with Gasteiger partial charge in [0.25, 0.3) is 5.56 Å². The van der Waals surface area contributed by atoms with Gasteiger partial charge in [0.15, 0.2) is 0 Å². The van der Waals surface area contributed by atoms with E-state index in [0.717, 1.165) is 0 Å². The van der Waals surface area contributed by atoms with Crippen molar-refractivity contribution in [1.82, 2.24) is 14.5 Å². The molecular weight excluding hydrogens is 426 g/mol. The first kappa shape index (κ1) is 18.2. The van der Waals surface area contributed by atoms with E-state index in [1.807, 2.05) is 18.2 Å². The molecule has 0 aliphatic carbocycles. The van der Waals surface area contributed by atoms with E-state index in [-0.39, 0.29) is 28.4 Å². The number of phenols is 1. The minimum atomic E-state index is -1.45. The number of rotatable bonds is 8. The second kappa shape index (κ2) is 10.4. The minimum absolute atomic E-state index is 0.0606. The van der Waals surface area contributed by atoms with Gasteiger partial charge in [0.05, 0.1) is 11.0 Å². The molecule has 0 amide bonds. The lowest BCUT2D eigenvalue weighted by Crippen LogP contribution is -2.44.